The highest BCUT2D eigenvalue weighted by Gasteiger charge is 1.96. The van der Waals surface area contributed by atoms with E-state index in [1.54, 1.807) is 0 Å². The van der Waals surface area contributed by atoms with Crippen LogP contribution in [0.2, 0.25) is 0 Å². The zero-order valence-electron chi connectivity index (χ0n) is 11.7. The maximum absolute atomic E-state index is 5.69. The Kier molecular flexibility index (Phi) is 7.63. The second-order valence-corrected chi connectivity index (χ2v) is 7.16. The van der Waals surface area contributed by atoms with Gasteiger partial charge < -0.3 is 9.47 Å². The first-order chi connectivity index (χ1) is 10.2. The van der Waals surface area contributed by atoms with Crippen LogP contribution in [0.4, 0.5) is 0 Å². The molecule has 4 heteroatoms. The summed E-state index contributed by atoms with van der Waals surface area (Å²) in [5.41, 5.74) is 0. The number of rotatable bonds is 8. The molecule has 0 fully saturated rings. The van der Waals surface area contributed by atoms with Gasteiger partial charge in [0.2, 0.25) is 0 Å². The molecule has 0 atom stereocenters. The van der Waals surface area contributed by atoms with Crippen molar-refractivity contribution < 1.29 is 9.47 Å². The smallest absolute Gasteiger partial charge is 0.119 e. The minimum absolute atomic E-state index is 0.768. The molecule has 0 radical (unpaired) electrons. The minimum Gasteiger partial charge on any atom is -0.494 e. The van der Waals surface area contributed by atoms with E-state index < -0.39 is 0 Å². The van der Waals surface area contributed by atoms with E-state index in [-0.39, 0.29) is 0 Å². The van der Waals surface area contributed by atoms with Crippen LogP contribution in [0.1, 0.15) is 19.3 Å². The fraction of sp³-hybridized carbons (Fsp3) is 0.294. The van der Waals surface area contributed by atoms with E-state index in [0.717, 1.165) is 44.0 Å². The molecule has 2 aromatic carbocycles. The van der Waals surface area contributed by atoms with Crippen LogP contribution in [-0.2, 0) is 0 Å². The fourth-order valence-electron chi connectivity index (χ4n) is 1.82. The first-order valence-corrected chi connectivity index (χ1v) is 9.16. The van der Waals surface area contributed by atoms with Crippen LogP contribution in [0.3, 0.4) is 0 Å². The van der Waals surface area contributed by atoms with Gasteiger partial charge in [0, 0.05) is 7.14 Å². The van der Waals surface area contributed by atoms with Gasteiger partial charge in [0.1, 0.15) is 11.5 Å². The summed E-state index contributed by atoms with van der Waals surface area (Å²) in [4.78, 5) is 0. The fourth-order valence-corrected chi connectivity index (χ4v) is 2.54. The van der Waals surface area contributed by atoms with Gasteiger partial charge in [-0.05, 0) is 113 Å². The summed E-state index contributed by atoms with van der Waals surface area (Å²) in [6.45, 7) is 1.54. The van der Waals surface area contributed by atoms with Crippen LogP contribution in [0.25, 0.3) is 0 Å². The molecule has 0 spiro atoms. The van der Waals surface area contributed by atoms with Crippen LogP contribution in [0, 0.1) is 7.14 Å². The summed E-state index contributed by atoms with van der Waals surface area (Å²) in [5.74, 6) is 1.90. The third-order valence-corrected chi connectivity index (χ3v) is 4.39. The van der Waals surface area contributed by atoms with Gasteiger partial charge >= 0.3 is 0 Å². The van der Waals surface area contributed by atoms with Crippen LogP contribution in [0.5, 0.6) is 11.5 Å². The van der Waals surface area contributed by atoms with Gasteiger partial charge in [0.05, 0.1) is 13.2 Å². The molecule has 0 aliphatic heterocycles. The summed E-state index contributed by atoms with van der Waals surface area (Å²) in [6, 6.07) is 16.3. The van der Waals surface area contributed by atoms with Crippen molar-refractivity contribution >= 4 is 45.2 Å². The Morgan fingerprint density at radius 1 is 0.571 bits per heavy atom. The quantitative estimate of drug-likeness (QED) is 0.346. The van der Waals surface area contributed by atoms with Crippen molar-refractivity contribution in [2.24, 2.45) is 0 Å². The van der Waals surface area contributed by atoms with E-state index in [2.05, 4.69) is 69.4 Å². The average Bonchev–Trinajstić information content (AvgIpc) is 2.50. The van der Waals surface area contributed by atoms with Crippen molar-refractivity contribution in [3.05, 3.63) is 55.7 Å². The summed E-state index contributed by atoms with van der Waals surface area (Å²) in [5, 5.41) is 0. The van der Waals surface area contributed by atoms with E-state index in [1.165, 1.54) is 7.14 Å². The highest BCUT2D eigenvalue weighted by molar-refractivity contribution is 14.1. The molecular formula is C17H18I2O2. The van der Waals surface area contributed by atoms with E-state index in [0.29, 0.717) is 0 Å². The first-order valence-electron chi connectivity index (χ1n) is 7.01. The van der Waals surface area contributed by atoms with E-state index >= 15 is 0 Å². The van der Waals surface area contributed by atoms with Gasteiger partial charge in [0.25, 0.3) is 0 Å². The number of halogens is 2. The van der Waals surface area contributed by atoms with Crippen molar-refractivity contribution in [1.82, 2.24) is 0 Å². The highest BCUT2D eigenvalue weighted by atomic mass is 127. The van der Waals surface area contributed by atoms with Crippen molar-refractivity contribution in [2.75, 3.05) is 13.2 Å². The normalized spacial score (nSPS) is 10.4. The topological polar surface area (TPSA) is 18.5 Å². The first kappa shape index (κ1) is 16.9. The van der Waals surface area contributed by atoms with Crippen molar-refractivity contribution in [2.45, 2.75) is 19.3 Å². The van der Waals surface area contributed by atoms with Crippen LogP contribution in [0.15, 0.2) is 48.5 Å². The van der Waals surface area contributed by atoms with Gasteiger partial charge in [-0.25, -0.2) is 0 Å². The van der Waals surface area contributed by atoms with Gasteiger partial charge in [-0.3, -0.25) is 0 Å². The van der Waals surface area contributed by atoms with E-state index in [1.807, 2.05) is 24.3 Å². The van der Waals surface area contributed by atoms with Crippen LogP contribution < -0.4 is 9.47 Å². The van der Waals surface area contributed by atoms with Crippen LogP contribution in [-0.4, -0.2) is 13.2 Å². The Morgan fingerprint density at radius 3 is 1.33 bits per heavy atom. The lowest BCUT2D eigenvalue weighted by Crippen LogP contribution is -2.01. The van der Waals surface area contributed by atoms with E-state index in [4.69, 9.17) is 9.47 Å². The summed E-state index contributed by atoms with van der Waals surface area (Å²) in [7, 11) is 0. The predicted molar refractivity (Wildman–Crippen MR) is 103 cm³/mol. The molecule has 21 heavy (non-hydrogen) atoms. The molecule has 0 N–H and O–H groups in total. The molecule has 0 saturated heterocycles. The van der Waals surface area contributed by atoms with E-state index in [9.17, 15) is 0 Å². The lowest BCUT2D eigenvalue weighted by atomic mass is 10.2. The lowest BCUT2D eigenvalue weighted by molar-refractivity contribution is 0.279. The Labute approximate surface area is 153 Å². The Morgan fingerprint density at radius 2 is 0.952 bits per heavy atom. The molecule has 112 valence electrons. The number of unbranched alkanes of at least 4 members (excludes halogenated alkanes) is 2. The SMILES string of the molecule is Ic1ccc(OCCCCCOc2ccc(I)cc2)cc1. The summed E-state index contributed by atoms with van der Waals surface area (Å²) < 4.78 is 13.8. The monoisotopic (exact) mass is 508 g/mol. The molecular weight excluding hydrogens is 490 g/mol. The third kappa shape index (κ3) is 6.86. The Balaban J connectivity index is 1.52. The molecule has 2 nitrogen and oxygen atoms in total. The third-order valence-electron chi connectivity index (χ3n) is 2.95. The second kappa shape index (κ2) is 9.50. The number of hydrogen-bond acceptors (Lipinski definition) is 2. The molecule has 0 bridgehead atoms. The zero-order valence-corrected chi connectivity index (χ0v) is 16.0. The molecule has 0 aliphatic carbocycles. The lowest BCUT2D eigenvalue weighted by Gasteiger charge is -2.07. The molecule has 0 amide bonds. The molecule has 0 heterocycles. The number of benzene rings is 2. The van der Waals surface area contributed by atoms with Gasteiger partial charge in [0.15, 0.2) is 0 Å². The van der Waals surface area contributed by atoms with Gasteiger partial charge in [-0.15, -0.1) is 0 Å². The molecule has 0 aliphatic rings. The molecule has 2 aromatic rings. The highest BCUT2D eigenvalue weighted by Crippen LogP contribution is 2.15. The maximum atomic E-state index is 5.69. The maximum Gasteiger partial charge on any atom is 0.119 e. The van der Waals surface area contributed by atoms with Crippen LogP contribution >= 0.6 is 45.2 Å². The minimum atomic E-state index is 0.768. The Hall–Kier alpha value is -0.500. The standard InChI is InChI=1S/C17H18I2O2/c18-14-4-8-16(9-5-14)20-12-2-1-3-13-21-17-10-6-15(19)7-11-17/h4-11H,1-3,12-13H2. The largest absolute Gasteiger partial charge is 0.494 e. The van der Waals surface area contributed by atoms with Crippen molar-refractivity contribution in [3.8, 4) is 11.5 Å². The van der Waals surface area contributed by atoms with Gasteiger partial charge in [-0.2, -0.15) is 0 Å². The molecule has 0 saturated carbocycles. The molecule has 2 rings (SSSR count). The Bertz CT molecular complexity index is 474. The molecule has 0 aromatic heterocycles. The average molecular weight is 508 g/mol. The molecule has 0 unspecified atom stereocenters. The number of hydrogen-bond donors (Lipinski definition) is 0. The zero-order chi connectivity index (χ0) is 14.9. The van der Waals surface area contributed by atoms with Gasteiger partial charge in [-0.1, -0.05) is 0 Å². The van der Waals surface area contributed by atoms with Crippen molar-refractivity contribution in [1.29, 1.82) is 0 Å². The second-order valence-electron chi connectivity index (χ2n) is 4.67. The van der Waals surface area contributed by atoms with Crippen molar-refractivity contribution in [3.63, 3.8) is 0 Å². The summed E-state index contributed by atoms with van der Waals surface area (Å²) in [6.07, 6.45) is 3.23. The predicted octanol–water partition coefficient (Wildman–Crippen LogP) is 5.52. The number of ether oxygens (including phenoxy) is 2. The summed E-state index contributed by atoms with van der Waals surface area (Å²) >= 11 is 4.59.